The van der Waals surface area contributed by atoms with Crippen LogP contribution in [0.2, 0.25) is 0 Å². The predicted octanol–water partition coefficient (Wildman–Crippen LogP) is 6.17. The van der Waals surface area contributed by atoms with Crippen molar-refractivity contribution >= 4 is 17.6 Å². The summed E-state index contributed by atoms with van der Waals surface area (Å²) in [5.74, 6) is 0. The number of nitrogens with zero attached hydrogens (tertiary/aromatic N) is 3. The monoisotopic (exact) mass is 359 g/mol. The van der Waals surface area contributed by atoms with Gasteiger partial charge in [0.25, 0.3) is 0 Å². The molecule has 0 saturated heterocycles. The van der Waals surface area contributed by atoms with Gasteiger partial charge in [0.15, 0.2) is 0 Å². The zero-order valence-corrected chi connectivity index (χ0v) is 16.5. The summed E-state index contributed by atoms with van der Waals surface area (Å²) in [6.07, 6.45) is 8.92. The Hall–Kier alpha value is -3.07. The van der Waals surface area contributed by atoms with E-state index in [4.69, 9.17) is 5.10 Å². The Balaban J connectivity index is 2.26. The standard InChI is InChI=1S/C24H29N3/c1-5-13-22(26(4)6-2)19-18-21(3)20-25-27(23-14-9-7-10-15-23)24-16-11-8-12-17-24/h5,7-12,14-20H,1,6,13H2,2-4H3. The van der Waals surface area contributed by atoms with Crippen LogP contribution in [0.4, 0.5) is 11.4 Å². The van der Waals surface area contributed by atoms with Crippen LogP contribution >= 0.6 is 0 Å². The largest absolute Gasteiger partial charge is 0.378 e. The molecule has 2 aromatic rings. The molecule has 27 heavy (non-hydrogen) atoms. The van der Waals surface area contributed by atoms with E-state index in [9.17, 15) is 0 Å². The molecule has 0 heterocycles. The number of hydrogen-bond acceptors (Lipinski definition) is 3. The summed E-state index contributed by atoms with van der Waals surface area (Å²) >= 11 is 0. The lowest BCUT2D eigenvalue weighted by molar-refractivity contribution is 0.433. The van der Waals surface area contributed by atoms with Crippen molar-refractivity contribution in [2.45, 2.75) is 20.3 Å². The molecule has 140 valence electrons. The molecule has 0 aliphatic carbocycles. The fraction of sp³-hybridized carbons (Fsp3) is 0.208. The number of hydrazone groups is 1. The highest BCUT2D eigenvalue weighted by atomic mass is 15.5. The van der Waals surface area contributed by atoms with Crippen LogP contribution in [0.25, 0.3) is 0 Å². The van der Waals surface area contributed by atoms with Crippen LogP contribution in [0, 0.1) is 0 Å². The van der Waals surface area contributed by atoms with E-state index in [2.05, 4.69) is 68.8 Å². The lowest BCUT2D eigenvalue weighted by atomic mass is 10.2. The van der Waals surface area contributed by atoms with Crippen molar-refractivity contribution in [1.29, 1.82) is 0 Å². The Morgan fingerprint density at radius 2 is 1.52 bits per heavy atom. The third-order valence-electron chi connectivity index (χ3n) is 4.24. The van der Waals surface area contributed by atoms with E-state index in [0.29, 0.717) is 0 Å². The van der Waals surface area contributed by atoms with E-state index in [1.54, 1.807) is 0 Å². The van der Waals surface area contributed by atoms with Crippen LogP contribution in [0.3, 0.4) is 0 Å². The first-order valence-corrected chi connectivity index (χ1v) is 9.29. The minimum Gasteiger partial charge on any atom is -0.378 e. The summed E-state index contributed by atoms with van der Waals surface area (Å²) in [7, 11) is 2.10. The second-order valence-electron chi connectivity index (χ2n) is 6.30. The van der Waals surface area contributed by atoms with Gasteiger partial charge in [-0.2, -0.15) is 5.10 Å². The van der Waals surface area contributed by atoms with Crippen LogP contribution in [-0.2, 0) is 0 Å². The average Bonchev–Trinajstić information content (AvgIpc) is 2.72. The van der Waals surface area contributed by atoms with Gasteiger partial charge in [-0.3, -0.25) is 0 Å². The normalized spacial score (nSPS) is 12.3. The van der Waals surface area contributed by atoms with E-state index >= 15 is 0 Å². The summed E-state index contributed by atoms with van der Waals surface area (Å²) < 4.78 is 0. The number of hydrogen-bond donors (Lipinski definition) is 0. The van der Waals surface area contributed by atoms with Crippen molar-refractivity contribution in [3.63, 3.8) is 0 Å². The molecule has 0 atom stereocenters. The van der Waals surface area contributed by atoms with Gasteiger partial charge in [-0.15, -0.1) is 6.58 Å². The van der Waals surface area contributed by atoms with E-state index in [1.165, 1.54) is 5.70 Å². The van der Waals surface area contributed by atoms with Crippen molar-refractivity contribution in [3.05, 3.63) is 96.7 Å². The van der Waals surface area contributed by atoms with E-state index < -0.39 is 0 Å². The third-order valence-corrected chi connectivity index (χ3v) is 4.24. The predicted molar refractivity (Wildman–Crippen MR) is 118 cm³/mol. The molecule has 0 saturated carbocycles. The zero-order chi connectivity index (χ0) is 19.5. The molecule has 0 amide bonds. The second kappa shape index (κ2) is 10.8. The Bertz CT molecular complexity index is 749. The van der Waals surface area contributed by atoms with Crippen molar-refractivity contribution in [2.24, 2.45) is 5.10 Å². The first-order chi connectivity index (χ1) is 13.2. The molecule has 0 radical (unpaired) electrons. The van der Waals surface area contributed by atoms with Gasteiger partial charge in [0.05, 0.1) is 17.6 Å². The molecule has 0 aliphatic heterocycles. The summed E-state index contributed by atoms with van der Waals surface area (Å²) in [6.45, 7) is 9.03. The Kier molecular flexibility index (Phi) is 8.11. The molecule has 2 rings (SSSR count). The number of benzene rings is 2. The van der Waals surface area contributed by atoms with Crippen molar-refractivity contribution in [2.75, 3.05) is 18.6 Å². The SMILES string of the molecule is C=CCC(=CC=C(C)C=NN(c1ccccc1)c1ccccc1)N(C)CC. The molecule has 3 heteroatoms. The van der Waals surface area contributed by atoms with Crippen molar-refractivity contribution < 1.29 is 0 Å². The fourth-order valence-corrected chi connectivity index (χ4v) is 2.54. The molecule has 0 fully saturated rings. The highest BCUT2D eigenvalue weighted by molar-refractivity contribution is 5.80. The maximum absolute atomic E-state index is 4.73. The van der Waals surface area contributed by atoms with Crippen LogP contribution in [0.5, 0.6) is 0 Å². The molecule has 0 aromatic heterocycles. The van der Waals surface area contributed by atoms with E-state index in [1.807, 2.05) is 53.7 Å². The topological polar surface area (TPSA) is 18.8 Å². The lowest BCUT2D eigenvalue weighted by Gasteiger charge is -2.19. The van der Waals surface area contributed by atoms with Gasteiger partial charge in [-0.1, -0.05) is 48.6 Å². The molecule has 0 N–H and O–H groups in total. The minimum atomic E-state index is 0.853. The summed E-state index contributed by atoms with van der Waals surface area (Å²) in [6, 6.07) is 20.3. The van der Waals surface area contributed by atoms with Crippen LogP contribution in [-0.4, -0.2) is 24.7 Å². The average molecular weight is 360 g/mol. The summed E-state index contributed by atoms with van der Waals surface area (Å²) in [4.78, 5) is 2.23. The van der Waals surface area contributed by atoms with E-state index in [0.717, 1.165) is 29.9 Å². The highest BCUT2D eigenvalue weighted by Gasteiger charge is 2.06. The summed E-state index contributed by atoms with van der Waals surface area (Å²) in [5.41, 5.74) is 4.38. The molecule has 0 spiro atoms. The lowest BCUT2D eigenvalue weighted by Crippen LogP contribution is -2.16. The first-order valence-electron chi connectivity index (χ1n) is 9.29. The van der Waals surface area contributed by atoms with Crippen LogP contribution in [0.1, 0.15) is 20.3 Å². The third kappa shape index (κ3) is 6.30. The van der Waals surface area contributed by atoms with Crippen LogP contribution < -0.4 is 5.01 Å². The molecule has 0 bridgehead atoms. The van der Waals surface area contributed by atoms with Gasteiger partial charge in [-0.05, 0) is 49.8 Å². The zero-order valence-electron chi connectivity index (χ0n) is 16.5. The molecule has 0 unspecified atom stereocenters. The van der Waals surface area contributed by atoms with Gasteiger partial charge in [0, 0.05) is 25.7 Å². The van der Waals surface area contributed by atoms with Crippen LogP contribution in [0.15, 0.2) is 102 Å². The second-order valence-corrected chi connectivity index (χ2v) is 6.30. The molecular weight excluding hydrogens is 330 g/mol. The minimum absolute atomic E-state index is 0.853. The van der Waals surface area contributed by atoms with Gasteiger partial charge >= 0.3 is 0 Å². The number of allylic oxidation sites excluding steroid dienone is 4. The van der Waals surface area contributed by atoms with Gasteiger partial charge < -0.3 is 4.90 Å². The van der Waals surface area contributed by atoms with Gasteiger partial charge in [0.2, 0.25) is 0 Å². The maximum Gasteiger partial charge on any atom is 0.0652 e. The van der Waals surface area contributed by atoms with Gasteiger partial charge in [-0.25, -0.2) is 5.01 Å². The molecule has 3 nitrogen and oxygen atoms in total. The Labute approximate surface area is 163 Å². The van der Waals surface area contributed by atoms with Gasteiger partial charge in [0.1, 0.15) is 0 Å². The highest BCUT2D eigenvalue weighted by Crippen LogP contribution is 2.25. The van der Waals surface area contributed by atoms with E-state index in [-0.39, 0.29) is 0 Å². The molecular formula is C24H29N3. The first kappa shape index (κ1) is 20.2. The fourth-order valence-electron chi connectivity index (χ4n) is 2.54. The van der Waals surface area contributed by atoms with Crippen molar-refractivity contribution in [3.8, 4) is 0 Å². The quantitative estimate of drug-likeness (QED) is 0.231. The Morgan fingerprint density at radius 1 is 0.963 bits per heavy atom. The number of anilines is 2. The van der Waals surface area contributed by atoms with Crippen molar-refractivity contribution in [1.82, 2.24) is 4.90 Å². The summed E-state index contributed by atoms with van der Waals surface area (Å²) in [5, 5.41) is 6.68. The molecule has 2 aromatic carbocycles. The number of rotatable bonds is 9. The number of para-hydroxylation sites is 2. The Morgan fingerprint density at radius 3 is 2.00 bits per heavy atom. The maximum atomic E-state index is 4.73. The smallest absolute Gasteiger partial charge is 0.0652 e. The molecule has 0 aliphatic rings.